The minimum absolute atomic E-state index is 0.0396. The molecule has 2 heterocycles. The number of amides is 1. The molecular formula is C21H21N3O4S. The lowest BCUT2D eigenvalue weighted by Gasteiger charge is -2.30. The summed E-state index contributed by atoms with van der Waals surface area (Å²) in [5.74, 6) is 2.21. The molecule has 1 amide bonds. The number of benzene rings is 2. The Hall–Kier alpha value is -3.00. The zero-order chi connectivity index (χ0) is 20.2. The van der Waals surface area contributed by atoms with E-state index in [9.17, 15) is 4.79 Å². The van der Waals surface area contributed by atoms with E-state index in [-0.39, 0.29) is 6.01 Å². The maximum Gasteiger partial charge on any atom is 0.322 e. The summed E-state index contributed by atoms with van der Waals surface area (Å²) in [6.07, 6.45) is -0.775. The fourth-order valence-electron chi connectivity index (χ4n) is 3.00. The van der Waals surface area contributed by atoms with Crippen LogP contribution in [0.1, 0.15) is 25.3 Å². The predicted molar refractivity (Wildman–Crippen MR) is 110 cm³/mol. The van der Waals surface area contributed by atoms with E-state index in [0.717, 1.165) is 11.3 Å². The number of carbonyl (C=O) groups is 1. The molecule has 0 saturated heterocycles. The second-order valence-electron chi connectivity index (χ2n) is 6.55. The first-order valence-electron chi connectivity index (χ1n) is 9.39. The van der Waals surface area contributed by atoms with Gasteiger partial charge in [0.2, 0.25) is 12.0 Å². The summed E-state index contributed by atoms with van der Waals surface area (Å²) >= 11 is 1.79. The van der Waals surface area contributed by atoms with Gasteiger partial charge in [-0.1, -0.05) is 36.3 Å². The molecule has 2 unspecified atom stereocenters. The van der Waals surface area contributed by atoms with Gasteiger partial charge in [-0.3, -0.25) is 10.1 Å². The first-order valence-corrected chi connectivity index (χ1v) is 10.4. The van der Waals surface area contributed by atoms with E-state index in [4.69, 9.17) is 13.9 Å². The Morgan fingerprint density at radius 3 is 2.52 bits per heavy atom. The van der Waals surface area contributed by atoms with Crippen molar-refractivity contribution in [2.24, 2.45) is 0 Å². The highest BCUT2D eigenvalue weighted by Crippen LogP contribution is 2.33. The molecule has 1 aromatic heterocycles. The third kappa shape index (κ3) is 4.54. The Morgan fingerprint density at radius 2 is 1.79 bits per heavy atom. The Morgan fingerprint density at radius 1 is 1.07 bits per heavy atom. The van der Waals surface area contributed by atoms with E-state index >= 15 is 0 Å². The largest absolute Gasteiger partial charge is 0.482 e. The van der Waals surface area contributed by atoms with E-state index in [2.05, 4.69) is 34.6 Å². The molecule has 0 spiro atoms. The van der Waals surface area contributed by atoms with Gasteiger partial charge in [0.1, 0.15) is 6.10 Å². The second-order valence-corrected chi connectivity index (χ2v) is 7.89. The van der Waals surface area contributed by atoms with E-state index in [0.29, 0.717) is 23.8 Å². The molecule has 1 aliphatic heterocycles. The zero-order valence-corrected chi connectivity index (χ0v) is 16.9. The molecule has 0 saturated carbocycles. The lowest BCUT2D eigenvalue weighted by atomic mass is 10.1. The molecule has 0 bridgehead atoms. The average molecular weight is 411 g/mol. The van der Waals surface area contributed by atoms with Crippen LogP contribution in [0.2, 0.25) is 0 Å². The number of hydrogen-bond donors (Lipinski definition) is 1. The summed E-state index contributed by atoms with van der Waals surface area (Å²) < 4.78 is 17.1. The highest BCUT2D eigenvalue weighted by atomic mass is 32.2. The third-order valence-electron chi connectivity index (χ3n) is 4.39. The van der Waals surface area contributed by atoms with Crippen LogP contribution in [0.25, 0.3) is 0 Å². The van der Waals surface area contributed by atoms with Crippen molar-refractivity contribution in [1.29, 1.82) is 0 Å². The van der Waals surface area contributed by atoms with Gasteiger partial charge >= 0.3 is 6.01 Å². The molecule has 1 N–H and O–H groups in total. The fourth-order valence-corrected chi connectivity index (χ4v) is 3.67. The highest BCUT2D eigenvalue weighted by Gasteiger charge is 2.34. The fraction of sp³-hybridized carbons (Fsp3) is 0.286. The van der Waals surface area contributed by atoms with E-state index in [1.807, 2.05) is 24.3 Å². The van der Waals surface area contributed by atoms with Gasteiger partial charge in [0.15, 0.2) is 11.5 Å². The summed E-state index contributed by atoms with van der Waals surface area (Å²) in [5, 5.41) is 10.5. The molecule has 1 aliphatic rings. The van der Waals surface area contributed by atoms with Crippen LogP contribution in [-0.4, -0.2) is 34.1 Å². The lowest BCUT2D eigenvalue weighted by Crippen LogP contribution is -2.46. The molecule has 3 aromatic rings. The summed E-state index contributed by atoms with van der Waals surface area (Å²) in [7, 11) is 0. The number of para-hydroxylation sites is 2. The number of hydrogen-bond acceptors (Lipinski definition) is 7. The number of nitrogens with one attached hydrogen (secondary N) is 1. The van der Waals surface area contributed by atoms with Crippen LogP contribution >= 0.6 is 11.8 Å². The number of ether oxygens (including phenoxy) is 2. The molecule has 2 atom stereocenters. The third-order valence-corrected chi connectivity index (χ3v) is 5.28. The van der Waals surface area contributed by atoms with Gasteiger partial charge in [0.25, 0.3) is 5.91 Å². The molecule has 150 valence electrons. The first-order chi connectivity index (χ1) is 14.1. The Kier molecular flexibility index (Phi) is 5.71. The summed E-state index contributed by atoms with van der Waals surface area (Å²) in [6, 6.07) is 15.5. The van der Waals surface area contributed by atoms with Gasteiger partial charge < -0.3 is 13.9 Å². The number of nitrogens with zero attached hydrogens (tertiary/aromatic N) is 2. The van der Waals surface area contributed by atoms with Crippen LogP contribution < -0.4 is 14.8 Å². The lowest BCUT2D eigenvalue weighted by molar-refractivity contribution is -0.128. The number of fused-ring (bicyclic) bond motifs is 1. The van der Waals surface area contributed by atoms with Crippen molar-refractivity contribution >= 4 is 23.7 Å². The standard InChI is InChI=1S/C21H21N3O4S/c1-3-29-15-10-8-14(9-11-15)12-18-23-24-21(28-18)22-20(25)19-13(2)26-16-6-4-5-7-17(16)27-19/h4-11,13,19H,3,12H2,1-2H3,(H,22,24,25). The van der Waals surface area contributed by atoms with Gasteiger partial charge in [0, 0.05) is 4.90 Å². The highest BCUT2D eigenvalue weighted by molar-refractivity contribution is 7.99. The van der Waals surface area contributed by atoms with Crippen molar-refractivity contribution in [3.8, 4) is 11.5 Å². The average Bonchev–Trinajstić information content (AvgIpc) is 3.15. The number of aromatic nitrogens is 2. The van der Waals surface area contributed by atoms with Crippen molar-refractivity contribution in [2.75, 3.05) is 11.1 Å². The molecular weight excluding hydrogens is 390 g/mol. The van der Waals surface area contributed by atoms with Gasteiger partial charge in [0.05, 0.1) is 6.42 Å². The minimum Gasteiger partial charge on any atom is -0.482 e. The van der Waals surface area contributed by atoms with Crippen LogP contribution in [0.4, 0.5) is 6.01 Å². The van der Waals surface area contributed by atoms with Gasteiger partial charge in [-0.2, -0.15) is 0 Å². The Bertz CT molecular complexity index is 990. The number of carbonyl (C=O) groups excluding carboxylic acids is 1. The van der Waals surface area contributed by atoms with Gasteiger partial charge in [-0.05, 0) is 42.5 Å². The zero-order valence-electron chi connectivity index (χ0n) is 16.1. The molecule has 0 aliphatic carbocycles. The monoisotopic (exact) mass is 411 g/mol. The SMILES string of the molecule is CCSc1ccc(Cc2nnc(NC(=O)C3Oc4ccccc4OC3C)o2)cc1. The van der Waals surface area contributed by atoms with E-state index < -0.39 is 18.1 Å². The molecule has 8 heteroatoms. The van der Waals surface area contributed by atoms with Crippen LogP contribution in [0.15, 0.2) is 57.8 Å². The Balaban J connectivity index is 1.38. The molecule has 4 rings (SSSR count). The maximum absolute atomic E-state index is 12.6. The van der Waals surface area contributed by atoms with Gasteiger partial charge in [-0.15, -0.1) is 16.9 Å². The number of rotatable bonds is 6. The minimum atomic E-state index is -0.816. The van der Waals surface area contributed by atoms with E-state index in [1.165, 1.54) is 4.90 Å². The predicted octanol–water partition coefficient (Wildman–Crippen LogP) is 3.94. The molecule has 0 fully saturated rings. The molecule has 0 radical (unpaired) electrons. The number of anilines is 1. The van der Waals surface area contributed by atoms with Crippen LogP contribution in [0, 0.1) is 0 Å². The Labute approximate surface area is 172 Å². The number of thioether (sulfide) groups is 1. The van der Waals surface area contributed by atoms with Crippen molar-refractivity contribution in [3.05, 3.63) is 60.0 Å². The van der Waals surface area contributed by atoms with Crippen LogP contribution in [0.3, 0.4) is 0 Å². The van der Waals surface area contributed by atoms with Crippen LogP contribution in [-0.2, 0) is 11.2 Å². The van der Waals surface area contributed by atoms with E-state index in [1.54, 1.807) is 30.8 Å². The normalized spacial score (nSPS) is 17.7. The quantitative estimate of drug-likeness (QED) is 0.615. The van der Waals surface area contributed by atoms with Crippen LogP contribution in [0.5, 0.6) is 11.5 Å². The molecule has 2 aromatic carbocycles. The maximum atomic E-state index is 12.6. The first kappa shape index (κ1) is 19.3. The van der Waals surface area contributed by atoms with Crippen molar-refractivity contribution in [1.82, 2.24) is 10.2 Å². The molecule has 7 nitrogen and oxygen atoms in total. The second kappa shape index (κ2) is 8.57. The van der Waals surface area contributed by atoms with Crippen molar-refractivity contribution in [3.63, 3.8) is 0 Å². The topological polar surface area (TPSA) is 86.5 Å². The smallest absolute Gasteiger partial charge is 0.322 e. The summed E-state index contributed by atoms with van der Waals surface area (Å²) in [5.41, 5.74) is 1.06. The van der Waals surface area contributed by atoms with Gasteiger partial charge in [-0.25, -0.2) is 0 Å². The summed E-state index contributed by atoms with van der Waals surface area (Å²) in [6.45, 7) is 3.90. The van der Waals surface area contributed by atoms with Crippen molar-refractivity contribution in [2.45, 2.75) is 37.4 Å². The van der Waals surface area contributed by atoms with Crippen molar-refractivity contribution < 1.29 is 18.7 Å². The summed E-state index contributed by atoms with van der Waals surface area (Å²) in [4.78, 5) is 13.8. The molecule has 29 heavy (non-hydrogen) atoms.